The summed E-state index contributed by atoms with van der Waals surface area (Å²) in [6.07, 6.45) is 0. The van der Waals surface area contributed by atoms with Crippen LogP contribution in [0.4, 0.5) is 11.4 Å². The van der Waals surface area contributed by atoms with Gasteiger partial charge in [-0.2, -0.15) is 0 Å². The summed E-state index contributed by atoms with van der Waals surface area (Å²) in [5.74, 6) is 0.0874. The van der Waals surface area contributed by atoms with Crippen LogP contribution in [0.3, 0.4) is 0 Å². The fourth-order valence-corrected chi connectivity index (χ4v) is 3.93. The molecule has 0 aliphatic rings. The van der Waals surface area contributed by atoms with Crippen LogP contribution >= 0.6 is 0 Å². The maximum Gasteiger partial charge on any atom is 0.264 e. The molecule has 0 heterocycles. The molecule has 0 atom stereocenters. The van der Waals surface area contributed by atoms with E-state index in [1.54, 1.807) is 38.1 Å². The number of benzene rings is 2. The second kappa shape index (κ2) is 5.29. The first kappa shape index (κ1) is 15.2. The van der Waals surface area contributed by atoms with Crippen LogP contribution in [0.1, 0.15) is 11.1 Å². The SMILES string of the molecule is Cc1cc(N)cc(C)c1S(=O)(=O)N(C)c1ccc(O)cc1. The van der Waals surface area contributed by atoms with Crippen molar-refractivity contribution in [1.29, 1.82) is 0 Å². The predicted molar refractivity (Wildman–Crippen MR) is 84.0 cm³/mol. The fraction of sp³-hybridized carbons (Fsp3) is 0.200. The maximum atomic E-state index is 12.8. The standard InChI is InChI=1S/C15H18N2O3S/c1-10-8-12(16)9-11(2)15(10)21(19,20)17(3)13-4-6-14(18)7-5-13/h4-9,18H,16H2,1-3H3. The third kappa shape index (κ3) is 2.80. The van der Waals surface area contributed by atoms with E-state index in [1.165, 1.54) is 23.5 Å². The molecule has 0 aliphatic heterocycles. The topological polar surface area (TPSA) is 83.6 Å². The minimum Gasteiger partial charge on any atom is -0.508 e. The van der Waals surface area contributed by atoms with Gasteiger partial charge in [0.25, 0.3) is 10.0 Å². The highest BCUT2D eigenvalue weighted by Crippen LogP contribution is 2.29. The van der Waals surface area contributed by atoms with Gasteiger partial charge in [0.1, 0.15) is 5.75 Å². The molecule has 21 heavy (non-hydrogen) atoms. The molecule has 0 fully saturated rings. The monoisotopic (exact) mass is 306 g/mol. The van der Waals surface area contributed by atoms with Crippen molar-refractivity contribution in [2.24, 2.45) is 0 Å². The number of nitrogens with zero attached hydrogens (tertiary/aromatic N) is 1. The van der Waals surface area contributed by atoms with Crippen molar-refractivity contribution in [2.75, 3.05) is 17.1 Å². The predicted octanol–water partition coefficient (Wildman–Crippen LogP) is 2.42. The van der Waals surface area contributed by atoms with Crippen LogP contribution in [0.25, 0.3) is 0 Å². The summed E-state index contributed by atoms with van der Waals surface area (Å²) in [6, 6.07) is 9.28. The minimum atomic E-state index is -3.69. The molecule has 0 saturated heterocycles. The highest BCUT2D eigenvalue weighted by atomic mass is 32.2. The van der Waals surface area contributed by atoms with Crippen LogP contribution in [0.2, 0.25) is 0 Å². The number of anilines is 2. The summed E-state index contributed by atoms with van der Waals surface area (Å²) in [6.45, 7) is 3.45. The average molecular weight is 306 g/mol. The number of nitrogens with two attached hydrogens (primary N) is 1. The number of nitrogen functional groups attached to an aromatic ring is 1. The zero-order chi connectivity index (χ0) is 15.8. The maximum absolute atomic E-state index is 12.8. The second-order valence-electron chi connectivity index (χ2n) is 4.97. The summed E-state index contributed by atoms with van der Waals surface area (Å²) in [5, 5.41) is 9.30. The van der Waals surface area contributed by atoms with Gasteiger partial charge in [-0.3, -0.25) is 4.31 Å². The van der Waals surface area contributed by atoms with E-state index in [4.69, 9.17) is 5.73 Å². The van der Waals surface area contributed by atoms with Crippen molar-refractivity contribution in [3.63, 3.8) is 0 Å². The Morgan fingerprint density at radius 1 is 1.05 bits per heavy atom. The Balaban J connectivity index is 2.54. The first-order valence-electron chi connectivity index (χ1n) is 6.38. The normalized spacial score (nSPS) is 11.4. The third-order valence-electron chi connectivity index (χ3n) is 3.31. The van der Waals surface area contributed by atoms with Gasteiger partial charge >= 0.3 is 0 Å². The van der Waals surface area contributed by atoms with E-state index >= 15 is 0 Å². The summed E-state index contributed by atoms with van der Waals surface area (Å²) >= 11 is 0. The number of hydrogen-bond acceptors (Lipinski definition) is 4. The van der Waals surface area contributed by atoms with Crippen LogP contribution in [-0.2, 0) is 10.0 Å². The molecule has 112 valence electrons. The van der Waals surface area contributed by atoms with Crippen LogP contribution in [0.5, 0.6) is 5.75 Å². The fourth-order valence-electron chi connectivity index (χ4n) is 2.33. The van der Waals surface area contributed by atoms with Crippen molar-refractivity contribution in [3.05, 3.63) is 47.5 Å². The molecule has 0 aliphatic carbocycles. The second-order valence-corrected chi connectivity index (χ2v) is 6.88. The van der Waals surface area contributed by atoms with Gasteiger partial charge in [-0.25, -0.2) is 8.42 Å². The average Bonchev–Trinajstić information content (AvgIpc) is 2.37. The lowest BCUT2D eigenvalue weighted by molar-refractivity contribution is 0.475. The highest BCUT2D eigenvalue weighted by molar-refractivity contribution is 7.92. The molecule has 0 aromatic heterocycles. The smallest absolute Gasteiger partial charge is 0.264 e. The summed E-state index contributed by atoms with van der Waals surface area (Å²) in [5.41, 5.74) is 7.97. The molecule has 0 amide bonds. The molecule has 3 N–H and O–H groups in total. The lowest BCUT2D eigenvalue weighted by atomic mass is 10.1. The van der Waals surface area contributed by atoms with Gasteiger partial charge in [0, 0.05) is 12.7 Å². The van der Waals surface area contributed by atoms with Gasteiger partial charge in [0.2, 0.25) is 0 Å². The lowest BCUT2D eigenvalue weighted by Crippen LogP contribution is -2.27. The first-order valence-corrected chi connectivity index (χ1v) is 7.82. The Hall–Kier alpha value is -2.21. The van der Waals surface area contributed by atoms with Crippen LogP contribution < -0.4 is 10.0 Å². The van der Waals surface area contributed by atoms with E-state index in [-0.39, 0.29) is 10.6 Å². The van der Waals surface area contributed by atoms with Crippen molar-refractivity contribution in [1.82, 2.24) is 0 Å². The molecule has 0 spiro atoms. The molecule has 2 aromatic rings. The lowest BCUT2D eigenvalue weighted by Gasteiger charge is -2.22. The van der Waals surface area contributed by atoms with Gasteiger partial charge in [0.15, 0.2) is 0 Å². The Morgan fingerprint density at radius 2 is 1.52 bits per heavy atom. The quantitative estimate of drug-likeness (QED) is 0.853. The third-order valence-corrected chi connectivity index (χ3v) is 5.41. The Kier molecular flexibility index (Phi) is 3.82. The van der Waals surface area contributed by atoms with E-state index in [0.29, 0.717) is 22.5 Å². The van der Waals surface area contributed by atoms with E-state index in [9.17, 15) is 13.5 Å². The Labute approximate surface area is 124 Å². The van der Waals surface area contributed by atoms with Crippen LogP contribution in [-0.4, -0.2) is 20.6 Å². The van der Waals surface area contributed by atoms with Crippen molar-refractivity contribution in [2.45, 2.75) is 18.7 Å². The molecule has 2 aromatic carbocycles. The molecular formula is C15H18N2O3S. The number of aromatic hydroxyl groups is 1. The Bertz CT molecular complexity index is 745. The molecule has 2 rings (SSSR count). The molecule has 0 radical (unpaired) electrons. The number of sulfonamides is 1. The van der Waals surface area contributed by atoms with E-state index in [2.05, 4.69) is 0 Å². The molecular weight excluding hydrogens is 288 g/mol. The minimum absolute atomic E-state index is 0.0874. The van der Waals surface area contributed by atoms with Crippen molar-refractivity contribution >= 4 is 21.4 Å². The highest BCUT2D eigenvalue weighted by Gasteiger charge is 2.25. The molecule has 5 nitrogen and oxygen atoms in total. The number of aryl methyl sites for hydroxylation is 2. The molecule has 6 heteroatoms. The van der Waals surface area contributed by atoms with Gasteiger partial charge in [-0.15, -0.1) is 0 Å². The summed E-state index contributed by atoms with van der Waals surface area (Å²) < 4.78 is 26.8. The van der Waals surface area contributed by atoms with Gasteiger partial charge < -0.3 is 10.8 Å². The summed E-state index contributed by atoms with van der Waals surface area (Å²) in [4.78, 5) is 0.257. The van der Waals surface area contributed by atoms with E-state index in [0.717, 1.165) is 0 Å². The number of phenols is 1. The number of rotatable bonds is 3. The van der Waals surface area contributed by atoms with E-state index in [1.807, 2.05) is 0 Å². The van der Waals surface area contributed by atoms with Crippen molar-refractivity contribution < 1.29 is 13.5 Å². The van der Waals surface area contributed by atoms with Crippen LogP contribution in [0.15, 0.2) is 41.3 Å². The zero-order valence-electron chi connectivity index (χ0n) is 12.2. The molecule has 0 unspecified atom stereocenters. The van der Waals surface area contributed by atoms with Gasteiger partial charge in [0.05, 0.1) is 10.6 Å². The first-order chi connectivity index (χ1) is 9.73. The largest absolute Gasteiger partial charge is 0.508 e. The number of hydrogen-bond donors (Lipinski definition) is 2. The number of phenolic OH excluding ortho intramolecular Hbond substituents is 1. The Morgan fingerprint density at radius 3 is 2.00 bits per heavy atom. The summed E-state index contributed by atoms with van der Waals surface area (Å²) in [7, 11) is -2.20. The van der Waals surface area contributed by atoms with Crippen molar-refractivity contribution in [3.8, 4) is 5.75 Å². The van der Waals surface area contributed by atoms with E-state index < -0.39 is 10.0 Å². The molecule has 0 saturated carbocycles. The molecule has 0 bridgehead atoms. The van der Waals surface area contributed by atoms with Gasteiger partial charge in [-0.05, 0) is 61.4 Å². The zero-order valence-corrected chi connectivity index (χ0v) is 13.0. The van der Waals surface area contributed by atoms with Gasteiger partial charge in [-0.1, -0.05) is 0 Å². The van der Waals surface area contributed by atoms with Crippen LogP contribution in [0, 0.1) is 13.8 Å².